The second-order valence-corrected chi connectivity index (χ2v) is 7.12. The largest absolute Gasteiger partial charge is 0.480 e. The maximum absolute atomic E-state index is 12.3. The summed E-state index contributed by atoms with van der Waals surface area (Å²) in [6, 6.07) is -0.255. The number of nitrogens with one attached hydrogen (secondary N) is 1. The summed E-state index contributed by atoms with van der Waals surface area (Å²) in [7, 11) is 0. The maximum atomic E-state index is 12.3. The van der Waals surface area contributed by atoms with Crippen LogP contribution in [0.25, 0.3) is 0 Å². The van der Waals surface area contributed by atoms with Gasteiger partial charge < -0.3 is 15.3 Å². The summed E-state index contributed by atoms with van der Waals surface area (Å²) >= 11 is 0. The van der Waals surface area contributed by atoms with Crippen LogP contribution in [0.3, 0.4) is 0 Å². The Morgan fingerprint density at radius 2 is 1.90 bits per heavy atom. The van der Waals surface area contributed by atoms with Crippen molar-refractivity contribution in [3.63, 3.8) is 0 Å². The third-order valence-corrected chi connectivity index (χ3v) is 4.31. The van der Waals surface area contributed by atoms with E-state index < -0.39 is 11.5 Å². The molecule has 5 nitrogen and oxygen atoms in total. The van der Waals surface area contributed by atoms with Crippen LogP contribution in [-0.2, 0) is 4.79 Å². The Bertz CT molecular complexity index is 376. The van der Waals surface area contributed by atoms with Gasteiger partial charge in [-0.25, -0.2) is 9.59 Å². The molecular weight excluding hydrogens is 256 g/mol. The zero-order valence-electron chi connectivity index (χ0n) is 13.3. The molecule has 0 bridgehead atoms. The molecule has 1 heterocycles. The number of aliphatic carboxylic acids is 1. The fourth-order valence-corrected chi connectivity index (χ4v) is 2.69. The molecular formula is C15H28N2O3. The number of likely N-dealkylation sites (tertiary alicyclic amines) is 1. The lowest BCUT2D eigenvalue weighted by Crippen LogP contribution is -2.55. The van der Waals surface area contributed by atoms with Crippen LogP contribution in [0.5, 0.6) is 0 Å². The number of amides is 2. The van der Waals surface area contributed by atoms with Crippen molar-refractivity contribution in [1.29, 1.82) is 0 Å². The Morgan fingerprint density at radius 1 is 1.30 bits per heavy atom. The first-order valence-electron chi connectivity index (χ1n) is 7.40. The number of carbonyl (C=O) groups excluding carboxylic acids is 1. The summed E-state index contributed by atoms with van der Waals surface area (Å²) in [5, 5.41) is 12.0. The molecule has 0 aromatic heterocycles. The number of hydrogen-bond acceptors (Lipinski definition) is 2. The van der Waals surface area contributed by atoms with Crippen LogP contribution in [-0.4, -0.2) is 40.6 Å². The van der Waals surface area contributed by atoms with Crippen molar-refractivity contribution in [1.82, 2.24) is 10.2 Å². The van der Waals surface area contributed by atoms with Crippen molar-refractivity contribution in [2.75, 3.05) is 13.1 Å². The minimum absolute atomic E-state index is 0.175. The SMILES string of the molecule is CCCC(C)(NC(=O)N1CCC(C(C)(C)C)C1)C(=O)O. The molecule has 0 radical (unpaired) electrons. The second-order valence-electron chi connectivity index (χ2n) is 7.12. The minimum Gasteiger partial charge on any atom is -0.480 e. The van der Waals surface area contributed by atoms with Crippen LogP contribution < -0.4 is 5.32 Å². The van der Waals surface area contributed by atoms with Crippen molar-refractivity contribution in [3.8, 4) is 0 Å². The maximum Gasteiger partial charge on any atom is 0.329 e. The zero-order chi connectivity index (χ0) is 15.6. The first-order chi connectivity index (χ1) is 9.10. The summed E-state index contributed by atoms with van der Waals surface area (Å²) in [5.41, 5.74) is -1.000. The van der Waals surface area contributed by atoms with Crippen molar-refractivity contribution in [2.45, 2.75) is 59.4 Å². The lowest BCUT2D eigenvalue weighted by Gasteiger charge is -2.30. The van der Waals surface area contributed by atoms with Crippen molar-refractivity contribution in [3.05, 3.63) is 0 Å². The van der Waals surface area contributed by atoms with E-state index in [1.165, 1.54) is 0 Å². The van der Waals surface area contributed by atoms with Crippen molar-refractivity contribution >= 4 is 12.0 Å². The van der Waals surface area contributed by atoms with Crippen molar-refractivity contribution in [2.24, 2.45) is 11.3 Å². The Hall–Kier alpha value is -1.26. The molecule has 20 heavy (non-hydrogen) atoms. The van der Waals surface area contributed by atoms with Crippen molar-refractivity contribution < 1.29 is 14.7 Å². The highest BCUT2D eigenvalue weighted by atomic mass is 16.4. The van der Waals surface area contributed by atoms with Gasteiger partial charge in [0.1, 0.15) is 5.54 Å². The van der Waals surface area contributed by atoms with E-state index in [0.29, 0.717) is 31.8 Å². The Morgan fingerprint density at radius 3 is 2.30 bits per heavy atom. The lowest BCUT2D eigenvalue weighted by molar-refractivity contribution is -0.144. The zero-order valence-corrected chi connectivity index (χ0v) is 13.3. The van der Waals surface area contributed by atoms with Gasteiger partial charge in [-0.15, -0.1) is 0 Å². The highest BCUT2D eigenvalue weighted by Gasteiger charge is 2.38. The summed E-state index contributed by atoms with van der Waals surface area (Å²) in [5.74, 6) is -0.505. The van der Waals surface area contributed by atoms with Gasteiger partial charge in [0.2, 0.25) is 0 Å². The second kappa shape index (κ2) is 6.02. The van der Waals surface area contributed by atoms with Crippen LogP contribution >= 0.6 is 0 Å². The molecule has 1 saturated heterocycles. The van der Waals surface area contributed by atoms with E-state index in [0.717, 1.165) is 6.42 Å². The van der Waals surface area contributed by atoms with Gasteiger partial charge in [0.05, 0.1) is 0 Å². The normalized spacial score (nSPS) is 22.4. The fourth-order valence-electron chi connectivity index (χ4n) is 2.69. The van der Waals surface area contributed by atoms with Gasteiger partial charge in [-0.3, -0.25) is 0 Å². The standard InChI is InChI=1S/C15H28N2O3/c1-6-8-15(5,12(18)19)16-13(20)17-9-7-11(10-17)14(2,3)4/h11H,6-10H2,1-5H3,(H,16,20)(H,18,19). The van der Waals surface area contributed by atoms with E-state index in [-0.39, 0.29) is 11.4 Å². The summed E-state index contributed by atoms with van der Waals surface area (Å²) < 4.78 is 0. The quantitative estimate of drug-likeness (QED) is 0.834. The van der Waals surface area contributed by atoms with Crippen LogP contribution in [0.4, 0.5) is 4.79 Å². The molecule has 5 heteroatoms. The summed E-state index contributed by atoms with van der Waals surface area (Å²) in [6.45, 7) is 11.4. The smallest absolute Gasteiger partial charge is 0.329 e. The average molecular weight is 284 g/mol. The molecule has 116 valence electrons. The van der Waals surface area contributed by atoms with Gasteiger partial charge in [0, 0.05) is 13.1 Å². The van der Waals surface area contributed by atoms with E-state index >= 15 is 0 Å². The molecule has 0 aromatic carbocycles. The summed E-state index contributed by atoms with van der Waals surface area (Å²) in [6.07, 6.45) is 2.13. The van der Waals surface area contributed by atoms with Gasteiger partial charge in [-0.05, 0) is 31.1 Å². The highest BCUT2D eigenvalue weighted by Crippen LogP contribution is 2.33. The van der Waals surface area contributed by atoms with Crippen LogP contribution in [0, 0.1) is 11.3 Å². The number of urea groups is 1. The number of rotatable bonds is 4. The van der Waals surface area contributed by atoms with Crippen LogP contribution in [0.15, 0.2) is 0 Å². The van der Waals surface area contributed by atoms with E-state index in [9.17, 15) is 14.7 Å². The van der Waals surface area contributed by atoms with E-state index in [1.54, 1.807) is 11.8 Å². The molecule has 0 aromatic rings. The number of hydrogen-bond donors (Lipinski definition) is 2. The molecule has 0 aliphatic carbocycles. The first-order valence-corrected chi connectivity index (χ1v) is 7.40. The number of carboxylic acid groups (broad SMARTS) is 1. The third kappa shape index (κ3) is 3.87. The predicted octanol–water partition coefficient (Wildman–Crippen LogP) is 2.71. The van der Waals surface area contributed by atoms with Crippen LogP contribution in [0.1, 0.15) is 53.9 Å². The Balaban J connectivity index is 2.66. The van der Waals surface area contributed by atoms with Gasteiger partial charge in [-0.1, -0.05) is 34.1 Å². The van der Waals surface area contributed by atoms with Gasteiger partial charge in [0.15, 0.2) is 0 Å². The highest BCUT2D eigenvalue weighted by molar-refractivity contribution is 5.86. The molecule has 0 saturated carbocycles. The Labute approximate surface area is 121 Å². The number of carbonyl (C=O) groups is 2. The first kappa shape index (κ1) is 16.8. The van der Waals surface area contributed by atoms with Gasteiger partial charge in [0.25, 0.3) is 0 Å². The molecule has 0 spiro atoms. The van der Waals surface area contributed by atoms with Gasteiger partial charge >= 0.3 is 12.0 Å². The van der Waals surface area contributed by atoms with E-state index in [1.807, 2.05) is 6.92 Å². The minimum atomic E-state index is -1.17. The average Bonchev–Trinajstić information content (AvgIpc) is 2.77. The predicted molar refractivity (Wildman–Crippen MR) is 78.6 cm³/mol. The molecule has 2 atom stereocenters. The Kier molecular flexibility index (Phi) is 5.05. The molecule has 2 N–H and O–H groups in total. The molecule has 1 aliphatic heterocycles. The molecule has 1 rings (SSSR count). The lowest BCUT2D eigenvalue weighted by atomic mass is 9.80. The van der Waals surface area contributed by atoms with Gasteiger partial charge in [-0.2, -0.15) is 0 Å². The number of nitrogens with zero attached hydrogens (tertiary/aromatic N) is 1. The van der Waals surface area contributed by atoms with E-state index in [4.69, 9.17) is 0 Å². The monoisotopic (exact) mass is 284 g/mol. The molecule has 1 fully saturated rings. The molecule has 1 aliphatic rings. The summed E-state index contributed by atoms with van der Waals surface area (Å²) in [4.78, 5) is 25.4. The van der Waals surface area contributed by atoms with E-state index in [2.05, 4.69) is 26.1 Å². The third-order valence-electron chi connectivity index (χ3n) is 4.31. The van der Waals surface area contributed by atoms with Crippen LogP contribution in [0.2, 0.25) is 0 Å². The fraction of sp³-hybridized carbons (Fsp3) is 0.867. The topological polar surface area (TPSA) is 69.6 Å². The molecule has 2 amide bonds. The molecule has 2 unspecified atom stereocenters. The number of carboxylic acids is 1.